The maximum absolute atomic E-state index is 13.0. The Labute approximate surface area is 197 Å². The number of nitrogens with zero attached hydrogens (tertiary/aromatic N) is 2. The lowest BCUT2D eigenvalue weighted by Crippen LogP contribution is -2.36. The van der Waals surface area contributed by atoms with E-state index >= 15 is 0 Å². The number of amides is 2. The summed E-state index contributed by atoms with van der Waals surface area (Å²) in [5.41, 5.74) is 1.14. The van der Waals surface area contributed by atoms with Crippen LogP contribution in [0.4, 0.5) is 11.5 Å². The Morgan fingerprint density at radius 2 is 1.88 bits per heavy atom. The van der Waals surface area contributed by atoms with Gasteiger partial charge in [0.2, 0.25) is 0 Å². The minimum absolute atomic E-state index is 0.0171. The van der Waals surface area contributed by atoms with Crippen molar-refractivity contribution in [2.24, 2.45) is 0 Å². The molecule has 4 N–H and O–H groups in total. The van der Waals surface area contributed by atoms with Crippen LogP contribution in [0.15, 0.2) is 60.1 Å². The Balaban J connectivity index is 1.81. The first-order chi connectivity index (χ1) is 16.0. The van der Waals surface area contributed by atoms with Gasteiger partial charge in [-0.05, 0) is 35.9 Å². The van der Waals surface area contributed by atoms with Crippen molar-refractivity contribution in [3.8, 4) is 0 Å². The number of aromatic nitrogens is 1. The molecule has 1 aliphatic rings. The van der Waals surface area contributed by atoms with Crippen molar-refractivity contribution in [2.75, 3.05) is 43.6 Å². The molecule has 0 radical (unpaired) electrons. The second kappa shape index (κ2) is 11.8. The van der Waals surface area contributed by atoms with Crippen molar-refractivity contribution in [1.29, 1.82) is 5.41 Å². The van der Waals surface area contributed by atoms with Crippen LogP contribution in [-0.2, 0) is 14.3 Å². The van der Waals surface area contributed by atoms with Gasteiger partial charge in [-0.15, -0.1) is 0 Å². The number of anilines is 2. The van der Waals surface area contributed by atoms with Gasteiger partial charge in [0, 0.05) is 31.4 Å². The van der Waals surface area contributed by atoms with Gasteiger partial charge in [-0.3, -0.25) is 9.59 Å². The Morgan fingerprint density at radius 1 is 1.12 bits per heavy atom. The molecular weight excluding hydrogens is 444 g/mol. The van der Waals surface area contributed by atoms with Gasteiger partial charge in [-0.1, -0.05) is 29.8 Å². The van der Waals surface area contributed by atoms with E-state index in [-0.39, 0.29) is 11.4 Å². The molecule has 2 amide bonds. The van der Waals surface area contributed by atoms with Crippen LogP contribution in [-0.4, -0.2) is 56.4 Å². The van der Waals surface area contributed by atoms with Crippen molar-refractivity contribution >= 4 is 47.2 Å². The van der Waals surface area contributed by atoms with Crippen LogP contribution in [0.5, 0.6) is 0 Å². The fourth-order valence-electron chi connectivity index (χ4n) is 3.09. The van der Waals surface area contributed by atoms with Crippen molar-refractivity contribution in [1.82, 2.24) is 15.6 Å². The van der Waals surface area contributed by atoms with E-state index in [4.69, 9.17) is 21.7 Å². The molecule has 0 aliphatic carbocycles. The Bertz CT molecular complexity index is 1060. The SMILES string of the molecule is CN/C(=C\C=N)C(=O)N/C(=C\c1ccccc1Cl)C(=O)Nc1ccc(N2CCOCC2)nc1. The van der Waals surface area contributed by atoms with E-state index in [9.17, 15) is 9.59 Å². The van der Waals surface area contributed by atoms with Gasteiger partial charge in [-0.25, -0.2) is 4.98 Å². The van der Waals surface area contributed by atoms with Crippen LogP contribution >= 0.6 is 11.6 Å². The van der Waals surface area contributed by atoms with E-state index in [2.05, 4.69) is 25.8 Å². The molecule has 1 saturated heterocycles. The van der Waals surface area contributed by atoms with E-state index in [1.165, 1.54) is 12.2 Å². The van der Waals surface area contributed by atoms with Crippen LogP contribution in [0.1, 0.15) is 5.56 Å². The molecule has 0 saturated carbocycles. The number of benzene rings is 1. The standard InChI is InChI=1S/C23H25ClN6O3/c1-26-19(8-9-25)22(31)29-20(14-16-4-2-3-5-18(16)24)23(32)28-17-6-7-21(27-15-17)30-10-12-33-13-11-30/h2-9,14-15,25-26H,10-13H2,1H3,(H,28,32)(H,29,31)/b19-8-,20-14-,25-9?. The third-order valence-electron chi connectivity index (χ3n) is 4.80. The smallest absolute Gasteiger partial charge is 0.272 e. The van der Waals surface area contributed by atoms with E-state index in [1.54, 1.807) is 43.6 Å². The number of allylic oxidation sites excluding steroid dienone is 1. The summed E-state index contributed by atoms with van der Waals surface area (Å²) in [7, 11) is 1.55. The number of halogens is 1. The van der Waals surface area contributed by atoms with Crippen LogP contribution in [0.2, 0.25) is 5.02 Å². The highest BCUT2D eigenvalue weighted by Gasteiger charge is 2.17. The molecule has 0 atom stereocenters. The van der Waals surface area contributed by atoms with Gasteiger partial charge < -0.3 is 31.0 Å². The van der Waals surface area contributed by atoms with Crippen molar-refractivity contribution in [3.63, 3.8) is 0 Å². The summed E-state index contributed by atoms with van der Waals surface area (Å²) in [6, 6.07) is 10.5. The quantitative estimate of drug-likeness (QED) is 0.349. The molecule has 0 spiro atoms. The molecule has 33 heavy (non-hydrogen) atoms. The molecule has 1 aromatic heterocycles. The number of ether oxygens (including phenoxy) is 1. The second-order valence-corrected chi connectivity index (χ2v) is 7.40. The number of pyridine rings is 1. The lowest BCUT2D eigenvalue weighted by atomic mass is 10.1. The minimum Gasteiger partial charge on any atom is -0.384 e. The highest BCUT2D eigenvalue weighted by molar-refractivity contribution is 6.32. The zero-order valence-corrected chi connectivity index (χ0v) is 18.9. The van der Waals surface area contributed by atoms with E-state index in [0.29, 0.717) is 29.5 Å². The van der Waals surface area contributed by atoms with Gasteiger partial charge in [-0.2, -0.15) is 0 Å². The van der Waals surface area contributed by atoms with Crippen LogP contribution in [0.25, 0.3) is 6.08 Å². The molecule has 1 aromatic carbocycles. The average Bonchev–Trinajstić information content (AvgIpc) is 2.84. The van der Waals surface area contributed by atoms with Gasteiger partial charge in [0.1, 0.15) is 17.2 Å². The van der Waals surface area contributed by atoms with Crippen LogP contribution < -0.4 is 20.9 Å². The van der Waals surface area contributed by atoms with Crippen LogP contribution in [0.3, 0.4) is 0 Å². The van der Waals surface area contributed by atoms with E-state index < -0.39 is 11.8 Å². The first-order valence-electron chi connectivity index (χ1n) is 10.3. The Morgan fingerprint density at radius 3 is 2.52 bits per heavy atom. The van der Waals surface area contributed by atoms with Gasteiger partial charge in [0.05, 0.1) is 25.1 Å². The molecule has 10 heteroatoms. The zero-order valence-electron chi connectivity index (χ0n) is 18.1. The molecule has 1 aliphatic heterocycles. The Kier molecular flexibility index (Phi) is 8.56. The maximum atomic E-state index is 13.0. The zero-order chi connectivity index (χ0) is 23.6. The molecule has 0 bridgehead atoms. The van der Waals surface area contributed by atoms with Crippen LogP contribution in [0, 0.1) is 5.41 Å². The summed E-state index contributed by atoms with van der Waals surface area (Å²) in [5, 5.41) is 15.7. The molecular formula is C23H25ClN6O3. The maximum Gasteiger partial charge on any atom is 0.272 e. The van der Waals surface area contributed by atoms with Gasteiger partial charge in [0.15, 0.2) is 0 Å². The van der Waals surface area contributed by atoms with E-state index in [0.717, 1.165) is 25.1 Å². The monoisotopic (exact) mass is 468 g/mol. The fraction of sp³-hybridized carbons (Fsp3) is 0.217. The van der Waals surface area contributed by atoms with E-state index in [1.807, 2.05) is 6.07 Å². The van der Waals surface area contributed by atoms with Gasteiger partial charge in [0.25, 0.3) is 11.8 Å². The summed E-state index contributed by atoms with van der Waals surface area (Å²) < 4.78 is 5.36. The van der Waals surface area contributed by atoms with Crippen molar-refractivity contribution in [3.05, 3.63) is 70.7 Å². The average molecular weight is 469 g/mol. The predicted molar refractivity (Wildman–Crippen MR) is 129 cm³/mol. The number of hydrogen-bond acceptors (Lipinski definition) is 7. The molecule has 2 aromatic rings. The number of hydrogen-bond donors (Lipinski definition) is 4. The molecule has 172 valence electrons. The lowest BCUT2D eigenvalue weighted by Gasteiger charge is -2.27. The number of likely N-dealkylation sites (N-methyl/N-ethyl adjacent to an activating group) is 1. The minimum atomic E-state index is -0.574. The third-order valence-corrected chi connectivity index (χ3v) is 5.15. The number of morpholine rings is 1. The molecule has 3 rings (SSSR count). The highest BCUT2D eigenvalue weighted by atomic mass is 35.5. The molecule has 2 heterocycles. The summed E-state index contributed by atoms with van der Waals surface area (Å²) >= 11 is 6.23. The second-order valence-electron chi connectivity index (χ2n) is 6.99. The molecule has 9 nitrogen and oxygen atoms in total. The summed E-state index contributed by atoms with van der Waals surface area (Å²) in [5.74, 6) is -0.323. The Hall–Kier alpha value is -3.69. The number of carbonyl (C=O) groups is 2. The first kappa shape index (κ1) is 24.0. The fourth-order valence-corrected chi connectivity index (χ4v) is 3.28. The largest absolute Gasteiger partial charge is 0.384 e. The summed E-state index contributed by atoms with van der Waals surface area (Å²) in [6.45, 7) is 2.81. The molecule has 1 fully saturated rings. The van der Waals surface area contributed by atoms with Crippen molar-refractivity contribution in [2.45, 2.75) is 0 Å². The topological polar surface area (TPSA) is 119 Å². The highest BCUT2D eigenvalue weighted by Crippen LogP contribution is 2.19. The normalized spacial score (nSPS) is 14.4. The summed E-state index contributed by atoms with van der Waals surface area (Å²) in [4.78, 5) is 32.2. The van der Waals surface area contributed by atoms with Crippen molar-refractivity contribution < 1.29 is 14.3 Å². The number of carbonyl (C=O) groups excluding carboxylic acids is 2. The predicted octanol–water partition coefficient (Wildman–Crippen LogP) is 2.42. The lowest BCUT2D eigenvalue weighted by molar-refractivity contribution is -0.119. The number of rotatable bonds is 8. The number of nitrogens with one attached hydrogen (secondary N) is 4. The molecule has 0 unspecified atom stereocenters. The van der Waals surface area contributed by atoms with Gasteiger partial charge >= 0.3 is 0 Å². The first-order valence-corrected chi connectivity index (χ1v) is 10.7. The third kappa shape index (κ3) is 6.64. The summed E-state index contributed by atoms with van der Waals surface area (Å²) in [6.07, 6.45) is 5.31.